The number of fused-ring (bicyclic) bond motifs is 3. The summed E-state index contributed by atoms with van der Waals surface area (Å²) in [6, 6.07) is 9.97. The summed E-state index contributed by atoms with van der Waals surface area (Å²) < 4.78 is 7.54. The number of hydrogen-bond acceptors (Lipinski definition) is 6. The number of amides is 2. The average molecular weight is 462 g/mol. The van der Waals surface area contributed by atoms with Crippen molar-refractivity contribution in [1.82, 2.24) is 29.3 Å². The molecular weight excluding hydrogens is 434 g/mol. The van der Waals surface area contributed by atoms with E-state index in [1.807, 2.05) is 42.9 Å². The van der Waals surface area contributed by atoms with Gasteiger partial charge in [-0.05, 0) is 23.3 Å². The van der Waals surface area contributed by atoms with Crippen molar-refractivity contribution in [3.63, 3.8) is 0 Å². The summed E-state index contributed by atoms with van der Waals surface area (Å²) in [6.07, 6.45) is 1.43. The van der Waals surface area contributed by atoms with Gasteiger partial charge in [0.2, 0.25) is 5.91 Å². The molecule has 5 rings (SSSR count). The maximum Gasteiger partial charge on any atom is 0.410 e. The molecule has 0 bridgehead atoms. The standard InChI is InChI=1S/C24H27N7O3/c1-15(32)30-7-9-31(10-8-30)24(33)34-13-16-5-4-6-17(11-16)19-12-18-21-20(26-14-29(21)3)23(25-2)28-22(18)27-19/h4-6,11-12,14H,7-10,13H2,1-3H3,(H2,25,27,28). The van der Waals surface area contributed by atoms with Crippen LogP contribution in [0.4, 0.5) is 10.6 Å². The Hall–Kier alpha value is -4.08. The molecular formula is C24H27N7O3. The molecule has 1 aliphatic rings. The van der Waals surface area contributed by atoms with Crippen LogP contribution in [0, 0.1) is 0 Å². The summed E-state index contributed by atoms with van der Waals surface area (Å²) in [4.78, 5) is 39.9. The number of H-pyrrole nitrogens is 1. The maximum atomic E-state index is 12.5. The van der Waals surface area contributed by atoms with Crippen LogP contribution >= 0.6 is 0 Å². The van der Waals surface area contributed by atoms with Gasteiger partial charge in [-0.2, -0.15) is 0 Å². The van der Waals surface area contributed by atoms with Crippen molar-refractivity contribution in [2.75, 3.05) is 38.5 Å². The highest BCUT2D eigenvalue weighted by atomic mass is 16.6. The Morgan fingerprint density at radius 2 is 1.91 bits per heavy atom. The molecule has 1 fully saturated rings. The topological polar surface area (TPSA) is 108 Å². The molecule has 1 aromatic carbocycles. The fraction of sp³-hybridized carbons (Fsp3) is 0.333. The molecule has 10 heteroatoms. The van der Waals surface area contributed by atoms with E-state index in [0.29, 0.717) is 26.2 Å². The van der Waals surface area contributed by atoms with E-state index in [4.69, 9.17) is 4.74 Å². The van der Waals surface area contributed by atoms with Crippen LogP contribution in [0.3, 0.4) is 0 Å². The lowest BCUT2D eigenvalue weighted by atomic mass is 10.1. The zero-order chi connectivity index (χ0) is 23.8. The molecule has 0 saturated carbocycles. The average Bonchev–Trinajstić information content (AvgIpc) is 3.45. The van der Waals surface area contributed by atoms with E-state index >= 15 is 0 Å². The van der Waals surface area contributed by atoms with E-state index < -0.39 is 0 Å². The van der Waals surface area contributed by atoms with Crippen LogP contribution in [-0.4, -0.2) is 74.5 Å². The van der Waals surface area contributed by atoms with Crippen LogP contribution in [0.15, 0.2) is 36.7 Å². The van der Waals surface area contributed by atoms with E-state index in [0.717, 1.165) is 44.7 Å². The van der Waals surface area contributed by atoms with Crippen molar-refractivity contribution < 1.29 is 14.3 Å². The van der Waals surface area contributed by atoms with Gasteiger partial charge >= 0.3 is 6.09 Å². The van der Waals surface area contributed by atoms with Crippen LogP contribution in [-0.2, 0) is 23.2 Å². The van der Waals surface area contributed by atoms with Crippen molar-refractivity contribution in [3.05, 3.63) is 42.2 Å². The molecule has 0 unspecified atom stereocenters. The molecule has 4 heterocycles. The number of benzene rings is 1. The number of ether oxygens (including phenoxy) is 1. The Bertz CT molecular complexity index is 1380. The van der Waals surface area contributed by atoms with Gasteiger partial charge < -0.3 is 29.4 Å². The van der Waals surface area contributed by atoms with Gasteiger partial charge in [0.25, 0.3) is 0 Å². The van der Waals surface area contributed by atoms with Crippen molar-refractivity contribution in [1.29, 1.82) is 0 Å². The molecule has 0 atom stereocenters. The minimum Gasteiger partial charge on any atom is -0.445 e. The number of pyridine rings is 1. The lowest BCUT2D eigenvalue weighted by Gasteiger charge is -2.33. The van der Waals surface area contributed by atoms with E-state index in [9.17, 15) is 9.59 Å². The van der Waals surface area contributed by atoms with Gasteiger partial charge in [0.05, 0.1) is 11.8 Å². The molecule has 1 saturated heterocycles. The summed E-state index contributed by atoms with van der Waals surface area (Å²) in [7, 11) is 3.80. The summed E-state index contributed by atoms with van der Waals surface area (Å²) in [6.45, 7) is 3.76. The number of aromatic amines is 1. The number of anilines is 1. The number of carbonyl (C=O) groups is 2. The van der Waals surface area contributed by atoms with Gasteiger partial charge in [0.15, 0.2) is 5.82 Å². The fourth-order valence-electron chi connectivity index (χ4n) is 4.40. The molecule has 1 aliphatic heterocycles. The monoisotopic (exact) mass is 461 g/mol. The largest absolute Gasteiger partial charge is 0.445 e. The predicted molar refractivity (Wildman–Crippen MR) is 129 cm³/mol. The molecule has 2 amide bonds. The molecule has 3 aromatic heterocycles. The van der Waals surface area contributed by atoms with Crippen LogP contribution < -0.4 is 5.32 Å². The minimum absolute atomic E-state index is 0.0308. The van der Waals surface area contributed by atoms with Gasteiger partial charge in [-0.15, -0.1) is 0 Å². The second kappa shape index (κ2) is 8.69. The number of nitrogens with zero attached hydrogens (tertiary/aromatic N) is 5. The summed E-state index contributed by atoms with van der Waals surface area (Å²) in [5, 5.41) is 4.11. The van der Waals surface area contributed by atoms with E-state index in [1.165, 1.54) is 0 Å². The molecule has 34 heavy (non-hydrogen) atoms. The molecule has 2 N–H and O–H groups in total. The molecule has 0 spiro atoms. The highest BCUT2D eigenvalue weighted by molar-refractivity contribution is 6.07. The first kappa shape index (κ1) is 21.7. The van der Waals surface area contributed by atoms with Gasteiger partial charge in [-0.1, -0.05) is 18.2 Å². The highest BCUT2D eigenvalue weighted by Crippen LogP contribution is 2.31. The first-order chi connectivity index (χ1) is 16.4. The number of aryl methyl sites for hydroxylation is 1. The Balaban J connectivity index is 1.33. The predicted octanol–water partition coefficient (Wildman–Crippen LogP) is 2.96. The lowest BCUT2D eigenvalue weighted by Crippen LogP contribution is -2.50. The van der Waals surface area contributed by atoms with Crippen LogP contribution in [0.1, 0.15) is 12.5 Å². The summed E-state index contributed by atoms with van der Waals surface area (Å²) in [5.74, 6) is 0.754. The Kier molecular flexibility index (Phi) is 5.56. The SMILES string of the molecule is CNc1nc2[nH]c(-c3cccc(COC(=O)N4CCN(C(C)=O)CC4)c3)cc2c2c1ncn2C. The van der Waals surface area contributed by atoms with Crippen molar-refractivity contribution in [2.45, 2.75) is 13.5 Å². The van der Waals surface area contributed by atoms with Gasteiger partial charge in [-0.3, -0.25) is 4.79 Å². The van der Waals surface area contributed by atoms with Crippen molar-refractivity contribution in [2.24, 2.45) is 7.05 Å². The number of imidazole rings is 1. The Labute approximate surface area is 196 Å². The number of piperazine rings is 1. The normalized spacial score (nSPS) is 14.1. The third kappa shape index (κ3) is 3.91. The summed E-state index contributed by atoms with van der Waals surface area (Å²) >= 11 is 0. The van der Waals surface area contributed by atoms with Gasteiger partial charge in [0, 0.05) is 58.3 Å². The molecule has 10 nitrogen and oxygen atoms in total. The van der Waals surface area contributed by atoms with Gasteiger partial charge in [0.1, 0.15) is 17.8 Å². The fourth-order valence-corrected chi connectivity index (χ4v) is 4.40. The van der Waals surface area contributed by atoms with E-state index in [2.05, 4.69) is 26.3 Å². The number of carbonyl (C=O) groups excluding carboxylic acids is 2. The Morgan fingerprint density at radius 3 is 2.65 bits per heavy atom. The second-order valence-corrected chi connectivity index (χ2v) is 8.46. The number of hydrogen-bond donors (Lipinski definition) is 2. The quantitative estimate of drug-likeness (QED) is 0.484. The third-order valence-electron chi connectivity index (χ3n) is 6.26. The second-order valence-electron chi connectivity index (χ2n) is 8.46. The molecule has 4 aromatic rings. The smallest absolute Gasteiger partial charge is 0.410 e. The summed E-state index contributed by atoms with van der Waals surface area (Å²) in [5.41, 5.74) is 5.40. The number of nitrogens with one attached hydrogen (secondary N) is 2. The zero-order valence-corrected chi connectivity index (χ0v) is 19.5. The minimum atomic E-state index is -0.360. The first-order valence-corrected chi connectivity index (χ1v) is 11.2. The lowest BCUT2D eigenvalue weighted by molar-refractivity contribution is -0.130. The van der Waals surface area contributed by atoms with Crippen LogP contribution in [0.25, 0.3) is 33.3 Å². The van der Waals surface area contributed by atoms with Crippen LogP contribution in [0.5, 0.6) is 0 Å². The van der Waals surface area contributed by atoms with E-state index in [-0.39, 0.29) is 18.6 Å². The first-order valence-electron chi connectivity index (χ1n) is 11.2. The van der Waals surface area contributed by atoms with Crippen molar-refractivity contribution in [3.8, 4) is 11.3 Å². The molecule has 0 radical (unpaired) electrons. The molecule has 176 valence electrons. The number of aromatic nitrogens is 4. The highest BCUT2D eigenvalue weighted by Gasteiger charge is 2.23. The van der Waals surface area contributed by atoms with Crippen LogP contribution in [0.2, 0.25) is 0 Å². The van der Waals surface area contributed by atoms with Crippen molar-refractivity contribution >= 4 is 39.9 Å². The van der Waals surface area contributed by atoms with E-state index in [1.54, 1.807) is 23.1 Å². The van der Waals surface area contributed by atoms with Gasteiger partial charge in [-0.25, -0.2) is 14.8 Å². The zero-order valence-electron chi connectivity index (χ0n) is 19.5. The maximum absolute atomic E-state index is 12.5. The molecule has 0 aliphatic carbocycles. The number of rotatable bonds is 4. The Morgan fingerprint density at radius 1 is 1.15 bits per heavy atom. The third-order valence-corrected chi connectivity index (χ3v) is 6.26.